The number of H-pyrrole nitrogens is 1. The Kier molecular flexibility index (Phi) is 10.9. The molecule has 11 nitrogen and oxygen atoms in total. The standard InChI is InChI=1S/C34H39N5O6/c1-20(2)30(34(44)45)39-33(43)28(17-21-8-4-3-5-9-21)38-32(42)29(18-23-19-36-27-11-7-6-10-25(23)27)37-31(41)26(35)16-22-12-14-24(40)15-13-22/h3-15,19-20,26,28-30,36,40H,16-18,35H2,1-2H3,(H,37,41)(H,38,42)(H,39,43)(H,44,45). The van der Waals surface area contributed by atoms with Gasteiger partial charge < -0.3 is 36.9 Å². The summed E-state index contributed by atoms with van der Waals surface area (Å²) in [7, 11) is 0. The number of amides is 3. The van der Waals surface area contributed by atoms with E-state index in [0.717, 1.165) is 27.6 Å². The summed E-state index contributed by atoms with van der Waals surface area (Å²) >= 11 is 0. The molecule has 4 unspecified atom stereocenters. The zero-order chi connectivity index (χ0) is 32.5. The molecular formula is C34H39N5O6. The Morgan fingerprint density at radius 1 is 0.733 bits per heavy atom. The highest BCUT2D eigenvalue weighted by molar-refractivity contribution is 5.95. The Morgan fingerprint density at radius 3 is 1.98 bits per heavy atom. The van der Waals surface area contributed by atoms with Crippen molar-refractivity contribution < 1.29 is 29.4 Å². The van der Waals surface area contributed by atoms with E-state index < -0.39 is 53.8 Å². The Balaban J connectivity index is 1.59. The monoisotopic (exact) mass is 613 g/mol. The molecule has 4 aromatic rings. The van der Waals surface area contributed by atoms with Crippen molar-refractivity contribution in [3.05, 3.63) is 102 Å². The van der Waals surface area contributed by atoms with Gasteiger partial charge in [-0.3, -0.25) is 14.4 Å². The summed E-state index contributed by atoms with van der Waals surface area (Å²) < 4.78 is 0. The van der Waals surface area contributed by atoms with Crippen LogP contribution < -0.4 is 21.7 Å². The summed E-state index contributed by atoms with van der Waals surface area (Å²) in [6.45, 7) is 3.36. The number of carbonyl (C=O) groups is 4. The maximum absolute atomic E-state index is 13.9. The number of rotatable bonds is 14. The SMILES string of the molecule is CC(C)C(NC(=O)C(Cc1ccccc1)NC(=O)C(Cc1c[nH]c2ccccc12)NC(=O)C(N)Cc1ccc(O)cc1)C(=O)O. The fourth-order valence-electron chi connectivity index (χ4n) is 5.09. The molecule has 4 atom stereocenters. The van der Waals surface area contributed by atoms with Crippen molar-refractivity contribution >= 4 is 34.6 Å². The van der Waals surface area contributed by atoms with Gasteiger partial charge in [-0.2, -0.15) is 0 Å². The number of aromatic amines is 1. The quantitative estimate of drug-likeness (QED) is 0.114. The van der Waals surface area contributed by atoms with Crippen LogP contribution in [0, 0.1) is 5.92 Å². The Hall–Kier alpha value is -5.16. The number of fused-ring (bicyclic) bond motifs is 1. The number of phenolic OH excluding ortho intramolecular Hbond substituents is 1. The van der Waals surface area contributed by atoms with Crippen molar-refractivity contribution in [2.24, 2.45) is 11.7 Å². The minimum absolute atomic E-state index is 0.0874. The van der Waals surface area contributed by atoms with E-state index in [9.17, 15) is 29.4 Å². The number of nitrogens with one attached hydrogen (secondary N) is 4. The number of aromatic nitrogens is 1. The molecule has 0 aliphatic carbocycles. The van der Waals surface area contributed by atoms with Gasteiger partial charge in [0, 0.05) is 29.9 Å². The average Bonchev–Trinajstić information content (AvgIpc) is 3.42. The molecule has 8 N–H and O–H groups in total. The maximum Gasteiger partial charge on any atom is 0.326 e. The number of aliphatic carboxylic acids is 1. The van der Waals surface area contributed by atoms with Gasteiger partial charge in [0.2, 0.25) is 17.7 Å². The second-order valence-corrected chi connectivity index (χ2v) is 11.4. The number of nitrogens with two attached hydrogens (primary N) is 1. The number of benzene rings is 3. The lowest BCUT2D eigenvalue weighted by Gasteiger charge is -2.26. The second kappa shape index (κ2) is 15.0. The topological polar surface area (TPSA) is 187 Å². The zero-order valence-corrected chi connectivity index (χ0v) is 25.2. The van der Waals surface area contributed by atoms with E-state index in [0.29, 0.717) is 0 Å². The summed E-state index contributed by atoms with van der Waals surface area (Å²) in [6.07, 6.45) is 2.12. The van der Waals surface area contributed by atoms with Crippen LogP contribution in [0.3, 0.4) is 0 Å². The Bertz CT molecular complexity index is 1620. The van der Waals surface area contributed by atoms with Crippen molar-refractivity contribution in [1.29, 1.82) is 0 Å². The number of phenols is 1. The molecule has 0 bridgehead atoms. The molecule has 0 aliphatic rings. The summed E-state index contributed by atoms with van der Waals surface area (Å²) in [6, 6.07) is 18.5. The summed E-state index contributed by atoms with van der Waals surface area (Å²) in [5, 5.41) is 28.2. The molecule has 236 valence electrons. The lowest BCUT2D eigenvalue weighted by atomic mass is 10.00. The zero-order valence-electron chi connectivity index (χ0n) is 25.2. The lowest BCUT2D eigenvalue weighted by molar-refractivity contribution is -0.143. The lowest BCUT2D eigenvalue weighted by Crippen LogP contribution is -2.58. The first kappa shape index (κ1) is 32.7. The number of hydrogen-bond acceptors (Lipinski definition) is 6. The molecule has 11 heteroatoms. The highest BCUT2D eigenvalue weighted by Crippen LogP contribution is 2.20. The largest absolute Gasteiger partial charge is 0.508 e. The normalized spacial score (nSPS) is 13.9. The highest BCUT2D eigenvalue weighted by Gasteiger charge is 2.32. The van der Waals surface area contributed by atoms with Crippen molar-refractivity contribution in [3.63, 3.8) is 0 Å². The minimum Gasteiger partial charge on any atom is -0.508 e. The van der Waals surface area contributed by atoms with Crippen LogP contribution in [0.5, 0.6) is 5.75 Å². The van der Waals surface area contributed by atoms with Gasteiger partial charge in [0.05, 0.1) is 6.04 Å². The fourth-order valence-corrected chi connectivity index (χ4v) is 5.09. The van der Waals surface area contributed by atoms with Gasteiger partial charge in [0.15, 0.2) is 0 Å². The molecule has 3 amide bonds. The fraction of sp³-hybridized carbons (Fsp3) is 0.294. The molecular weight excluding hydrogens is 574 g/mol. The molecule has 45 heavy (non-hydrogen) atoms. The van der Waals surface area contributed by atoms with Crippen molar-refractivity contribution in [3.8, 4) is 5.75 Å². The molecule has 1 aromatic heterocycles. The van der Waals surface area contributed by atoms with Crippen LogP contribution >= 0.6 is 0 Å². The predicted octanol–water partition coefficient (Wildman–Crippen LogP) is 2.42. The Labute approximate surface area is 261 Å². The molecule has 0 radical (unpaired) electrons. The first-order valence-corrected chi connectivity index (χ1v) is 14.8. The second-order valence-electron chi connectivity index (χ2n) is 11.4. The van der Waals surface area contributed by atoms with E-state index in [-0.39, 0.29) is 25.0 Å². The van der Waals surface area contributed by atoms with Crippen LogP contribution in [-0.2, 0) is 38.4 Å². The highest BCUT2D eigenvalue weighted by atomic mass is 16.4. The van der Waals surface area contributed by atoms with E-state index in [2.05, 4.69) is 20.9 Å². The third-order valence-corrected chi connectivity index (χ3v) is 7.61. The van der Waals surface area contributed by atoms with Gasteiger partial charge in [0.1, 0.15) is 23.9 Å². The number of aromatic hydroxyl groups is 1. The first-order valence-electron chi connectivity index (χ1n) is 14.8. The van der Waals surface area contributed by atoms with E-state index in [1.54, 1.807) is 56.4 Å². The van der Waals surface area contributed by atoms with Crippen LogP contribution in [0.1, 0.15) is 30.5 Å². The van der Waals surface area contributed by atoms with E-state index >= 15 is 0 Å². The molecule has 1 heterocycles. The van der Waals surface area contributed by atoms with Crippen LogP contribution in [0.2, 0.25) is 0 Å². The average molecular weight is 614 g/mol. The van der Waals surface area contributed by atoms with Gasteiger partial charge in [-0.25, -0.2) is 4.79 Å². The summed E-state index contributed by atoms with van der Waals surface area (Å²) in [5.74, 6) is -3.35. The number of carboxylic acid groups (broad SMARTS) is 1. The number of hydrogen-bond donors (Lipinski definition) is 7. The molecule has 0 saturated heterocycles. The number of carbonyl (C=O) groups excluding carboxylic acids is 3. The third-order valence-electron chi connectivity index (χ3n) is 7.61. The molecule has 0 aliphatic heterocycles. The van der Waals surface area contributed by atoms with Crippen LogP contribution in [0.4, 0.5) is 0 Å². The molecule has 4 rings (SSSR count). The molecule has 3 aromatic carbocycles. The van der Waals surface area contributed by atoms with Gasteiger partial charge >= 0.3 is 5.97 Å². The first-order chi connectivity index (χ1) is 21.5. The molecule has 0 saturated carbocycles. The minimum atomic E-state index is -1.18. The number of carboxylic acids is 1. The van der Waals surface area contributed by atoms with Crippen molar-refractivity contribution in [1.82, 2.24) is 20.9 Å². The van der Waals surface area contributed by atoms with Gasteiger partial charge in [-0.05, 0) is 47.2 Å². The van der Waals surface area contributed by atoms with E-state index in [1.807, 2.05) is 30.3 Å². The van der Waals surface area contributed by atoms with Gasteiger partial charge in [0.25, 0.3) is 0 Å². The van der Waals surface area contributed by atoms with Gasteiger partial charge in [-0.15, -0.1) is 0 Å². The molecule has 0 fully saturated rings. The maximum atomic E-state index is 13.9. The van der Waals surface area contributed by atoms with E-state index in [4.69, 9.17) is 5.73 Å². The van der Waals surface area contributed by atoms with Crippen LogP contribution in [0.15, 0.2) is 85.1 Å². The van der Waals surface area contributed by atoms with E-state index in [1.165, 1.54) is 12.1 Å². The Morgan fingerprint density at radius 2 is 1.31 bits per heavy atom. The predicted molar refractivity (Wildman–Crippen MR) is 170 cm³/mol. The third kappa shape index (κ3) is 8.93. The van der Waals surface area contributed by atoms with Crippen molar-refractivity contribution in [2.45, 2.75) is 57.3 Å². The van der Waals surface area contributed by atoms with Crippen LogP contribution in [-0.4, -0.2) is 63.1 Å². The summed E-state index contributed by atoms with van der Waals surface area (Å²) in [5.41, 5.74) is 9.34. The number of para-hydroxylation sites is 1. The molecule has 0 spiro atoms. The summed E-state index contributed by atoms with van der Waals surface area (Å²) in [4.78, 5) is 55.7. The smallest absolute Gasteiger partial charge is 0.326 e. The van der Waals surface area contributed by atoms with Crippen molar-refractivity contribution in [2.75, 3.05) is 0 Å². The van der Waals surface area contributed by atoms with Crippen LogP contribution in [0.25, 0.3) is 10.9 Å². The van der Waals surface area contributed by atoms with Gasteiger partial charge in [-0.1, -0.05) is 74.5 Å².